The van der Waals surface area contributed by atoms with Crippen molar-refractivity contribution in [3.05, 3.63) is 52.1 Å². The van der Waals surface area contributed by atoms with Gasteiger partial charge in [0.1, 0.15) is 0 Å². The third-order valence-corrected chi connectivity index (χ3v) is 2.42. The quantitative estimate of drug-likeness (QED) is 0.678. The van der Waals surface area contributed by atoms with Crippen LogP contribution in [0.25, 0.3) is 5.57 Å². The predicted octanol–water partition coefficient (Wildman–Crippen LogP) is 2.76. The highest BCUT2D eigenvalue weighted by Gasteiger charge is 2.10. The highest BCUT2D eigenvalue weighted by Crippen LogP contribution is 2.25. The predicted molar refractivity (Wildman–Crippen MR) is 55.9 cm³/mol. The Morgan fingerprint density at radius 3 is 2.79 bits per heavy atom. The molecule has 1 aliphatic carbocycles. The number of allylic oxidation sites excluding steroid dienone is 4. The van der Waals surface area contributed by atoms with E-state index >= 15 is 0 Å². The van der Waals surface area contributed by atoms with Crippen LogP contribution in [0.4, 0.5) is 0 Å². The zero-order valence-corrected chi connectivity index (χ0v) is 8.12. The van der Waals surface area contributed by atoms with Gasteiger partial charge < -0.3 is 4.42 Å². The Hall–Kier alpha value is -1.57. The molecule has 0 fully saturated rings. The van der Waals surface area contributed by atoms with Gasteiger partial charge in [-0.2, -0.15) is 0 Å². The molecule has 2 nitrogen and oxygen atoms in total. The van der Waals surface area contributed by atoms with Gasteiger partial charge in [0.25, 0.3) is 0 Å². The summed E-state index contributed by atoms with van der Waals surface area (Å²) in [6.07, 6.45) is 7.73. The van der Waals surface area contributed by atoms with Crippen LogP contribution in [-0.2, 0) is 0 Å². The zero-order chi connectivity index (χ0) is 9.97. The molecule has 1 heterocycles. The minimum Gasteiger partial charge on any atom is -0.431 e. The van der Waals surface area contributed by atoms with Crippen LogP contribution in [0.1, 0.15) is 25.3 Å². The summed E-state index contributed by atoms with van der Waals surface area (Å²) in [5.74, 6) is 0. The zero-order valence-electron chi connectivity index (χ0n) is 8.12. The fourth-order valence-corrected chi connectivity index (χ4v) is 1.69. The Balaban J connectivity index is 2.51. The summed E-state index contributed by atoms with van der Waals surface area (Å²) in [5, 5.41) is 0. The van der Waals surface area contributed by atoms with E-state index in [9.17, 15) is 4.79 Å². The van der Waals surface area contributed by atoms with Gasteiger partial charge in [0.2, 0.25) is 0 Å². The summed E-state index contributed by atoms with van der Waals surface area (Å²) in [6, 6.07) is 3.56. The third-order valence-electron chi connectivity index (χ3n) is 2.42. The van der Waals surface area contributed by atoms with Crippen LogP contribution in [0.15, 0.2) is 45.3 Å². The average molecular weight is 188 g/mol. The number of hydrogen-bond acceptors (Lipinski definition) is 2. The summed E-state index contributed by atoms with van der Waals surface area (Å²) in [7, 11) is 0. The molecule has 0 saturated carbocycles. The first kappa shape index (κ1) is 9.00. The standard InChI is InChI=1S/C12H12O2/c1-9-5-2-3-6-10(9)11-7-4-8-14-12(11)13/h4-8H,2-3H2,1H3. The van der Waals surface area contributed by atoms with Gasteiger partial charge in [0.05, 0.1) is 11.8 Å². The van der Waals surface area contributed by atoms with Crippen molar-refractivity contribution in [1.82, 2.24) is 0 Å². The van der Waals surface area contributed by atoms with Gasteiger partial charge in [-0.15, -0.1) is 0 Å². The fourth-order valence-electron chi connectivity index (χ4n) is 1.69. The second kappa shape index (κ2) is 3.66. The highest BCUT2D eigenvalue weighted by molar-refractivity contribution is 5.78. The van der Waals surface area contributed by atoms with Crippen molar-refractivity contribution in [2.75, 3.05) is 0 Å². The molecule has 72 valence electrons. The first-order valence-electron chi connectivity index (χ1n) is 4.74. The van der Waals surface area contributed by atoms with E-state index in [1.165, 1.54) is 6.26 Å². The largest absolute Gasteiger partial charge is 0.431 e. The number of hydrogen-bond donors (Lipinski definition) is 0. The summed E-state index contributed by atoms with van der Waals surface area (Å²) < 4.78 is 4.84. The summed E-state index contributed by atoms with van der Waals surface area (Å²) >= 11 is 0. The lowest BCUT2D eigenvalue weighted by Gasteiger charge is -2.11. The maximum absolute atomic E-state index is 11.4. The Labute approximate surface area is 82.6 Å². The van der Waals surface area contributed by atoms with Crippen molar-refractivity contribution in [3.8, 4) is 0 Å². The van der Waals surface area contributed by atoms with E-state index in [0.29, 0.717) is 5.56 Å². The number of rotatable bonds is 1. The molecule has 0 radical (unpaired) electrons. The molecule has 14 heavy (non-hydrogen) atoms. The van der Waals surface area contributed by atoms with E-state index in [0.717, 1.165) is 24.0 Å². The molecule has 1 aromatic heterocycles. The van der Waals surface area contributed by atoms with Crippen molar-refractivity contribution < 1.29 is 4.42 Å². The molecule has 2 heteroatoms. The topological polar surface area (TPSA) is 30.2 Å². The monoisotopic (exact) mass is 188 g/mol. The molecule has 1 aliphatic rings. The second-order valence-electron chi connectivity index (χ2n) is 3.40. The molecule has 0 N–H and O–H groups in total. The van der Waals surface area contributed by atoms with Crippen LogP contribution in [0.5, 0.6) is 0 Å². The lowest BCUT2D eigenvalue weighted by atomic mass is 9.94. The Kier molecular flexibility index (Phi) is 2.35. The SMILES string of the molecule is CC1=CCCC=C1c1cccoc1=O. The maximum Gasteiger partial charge on any atom is 0.343 e. The summed E-state index contributed by atoms with van der Waals surface area (Å²) in [6.45, 7) is 2.03. The van der Waals surface area contributed by atoms with Gasteiger partial charge in [0, 0.05) is 0 Å². The molecule has 0 unspecified atom stereocenters. The van der Waals surface area contributed by atoms with Crippen molar-refractivity contribution in [2.45, 2.75) is 19.8 Å². The van der Waals surface area contributed by atoms with Gasteiger partial charge in [-0.05, 0) is 43.0 Å². The molecule has 1 aromatic rings. The Morgan fingerprint density at radius 2 is 2.07 bits per heavy atom. The third kappa shape index (κ3) is 1.55. The lowest BCUT2D eigenvalue weighted by Crippen LogP contribution is -2.07. The van der Waals surface area contributed by atoms with Crippen LogP contribution >= 0.6 is 0 Å². The molecule has 0 aliphatic heterocycles. The molecular weight excluding hydrogens is 176 g/mol. The highest BCUT2D eigenvalue weighted by atomic mass is 16.4. The van der Waals surface area contributed by atoms with Crippen molar-refractivity contribution in [2.24, 2.45) is 0 Å². The molecule has 0 amide bonds. The summed E-state index contributed by atoms with van der Waals surface area (Å²) in [4.78, 5) is 11.4. The normalized spacial score (nSPS) is 16.1. The van der Waals surface area contributed by atoms with E-state index in [1.807, 2.05) is 6.92 Å². The Bertz CT molecular complexity index is 449. The second-order valence-corrected chi connectivity index (χ2v) is 3.40. The van der Waals surface area contributed by atoms with Crippen LogP contribution in [0.3, 0.4) is 0 Å². The molecule has 2 rings (SSSR count). The van der Waals surface area contributed by atoms with Gasteiger partial charge in [0.15, 0.2) is 0 Å². The van der Waals surface area contributed by atoms with E-state index in [4.69, 9.17) is 4.42 Å². The first-order valence-corrected chi connectivity index (χ1v) is 4.74. The van der Waals surface area contributed by atoms with Crippen molar-refractivity contribution in [3.63, 3.8) is 0 Å². The van der Waals surface area contributed by atoms with Gasteiger partial charge in [-0.25, -0.2) is 4.79 Å². The maximum atomic E-state index is 11.4. The Morgan fingerprint density at radius 1 is 1.29 bits per heavy atom. The van der Waals surface area contributed by atoms with E-state index < -0.39 is 0 Å². The van der Waals surface area contributed by atoms with E-state index in [-0.39, 0.29) is 5.63 Å². The van der Waals surface area contributed by atoms with Crippen LogP contribution in [-0.4, -0.2) is 0 Å². The van der Waals surface area contributed by atoms with Crippen molar-refractivity contribution in [1.29, 1.82) is 0 Å². The minimum absolute atomic E-state index is 0.256. The van der Waals surface area contributed by atoms with Crippen LogP contribution in [0, 0.1) is 0 Å². The molecule has 0 aromatic carbocycles. The summed E-state index contributed by atoms with van der Waals surface area (Å²) in [5.41, 5.74) is 2.59. The van der Waals surface area contributed by atoms with Crippen LogP contribution in [0.2, 0.25) is 0 Å². The van der Waals surface area contributed by atoms with E-state index in [2.05, 4.69) is 12.2 Å². The fraction of sp³-hybridized carbons (Fsp3) is 0.250. The van der Waals surface area contributed by atoms with E-state index in [1.54, 1.807) is 12.1 Å². The van der Waals surface area contributed by atoms with Crippen molar-refractivity contribution >= 4 is 5.57 Å². The minimum atomic E-state index is -0.256. The molecule has 0 bridgehead atoms. The molecular formula is C12H12O2. The first-order chi connectivity index (χ1) is 6.79. The van der Waals surface area contributed by atoms with Gasteiger partial charge in [-0.3, -0.25) is 0 Å². The molecule has 0 saturated heterocycles. The smallest absolute Gasteiger partial charge is 0.343 e. The lowest BCUT2D eigenvalue weighted by molar-refractivity contribution is 0.508. The average Bonchev–Trinajstić information content (AvgIpc) is 2.20. The van der Waals surface area contributed by atoms with Gasteiger partial charge in [-0.1, -0.05) is 12.2 Å². The van der Waals surface area contributed by atoms with Gasteiger partial charge >= 0.3 is 5.63 Å². The molecule has 0 atom stereocenters. The van der Waals surface area contributed by atoms with Crippen LogP contribution < -0.4 is 5.63 Å². The molecule has 0 spiro atoms.